The third-order valence-corrected chi connectivity index (χ3v) is 5.69. The first kappa shape index (κ1) is 16.8. The lowest BCUT2D eigenvalue weighted by Crippen LogP contribution is -2.32. The molecule has 0 spiro atoms. The average Bonchev–Trinajstić information content (AvgIpc) is 2.46. The molecular weight excluding hydrogens is 408 g/mol. The molecule has 0 fully saturated rings. The van der Waals surface area contributed by atoms with Crippen LogP contribution in [-0.2, 0) is 16.4 Å². The summed E-state index contributed by atoms with van der Waals surface area (Å²) < 4.78 is 53.6. The molecule has 0 saturated carbocycles. The maximum Gasteiger partial charge on any atom is 0.266 e. The minimum absolute atomic E-state index is 0.00132. The topological polar surface area (TPSA) is 88.2 Å². The number of carbonyl (C=O) groups is 1. The van der Waals surface area contributed by atoms with Gasteiger partial charge in [0, 0.05) is 23.5 Å². The number of fused-ring (bicyclic) bond motifs is 1. The molecule has 126 valence electrons. The Kier molecular flexibility index (Phi) is 4.26. The first-order valence-corrected chi connectivity index (χ1v) is 9.00. The fraction of sp³-hybridized carbons (Fsp3) is 0.143. The van der Waals surface area contributed by atoms with Crippen LogP contribution in [0.15, 0.2) is 33.8 Å². The third-order valence-electron chi connectivity index (χ3n) is 3.35. The number of carbonyl (C=O) groups excluding carboxylic acids is 1. The number of hydrogen-bond donors (Lipinski definition) is 2. The number of hydrogen-bond acceptors (Lipinski definition) is 4. The van der Waals surface area contributed by atoms with Crippen LogP contribution in [0.5, 0.6) is 0 Å². The van der Waals surface area contributed by atoms with Gasteiger partial charge in [-0.1, -0.05) is 0 Å². The van der Waals surface area contributed by atoms with Crippen LogP contribution in [0.1, 0.15) is 16.1 Å². The summed E-state index contributed by atoms with van der Waals surface area (Å²) in [5.41, 5.74) is 0.803. The number of rotatable bonds is 3. The van der Waals surface area contributed by atoms with Crippen LogP contribution < -0.4 is 10.0 Å². The van der Waals surface area contributed by atoms with Crippen LogP contribution in [0.2, 0.25) is 0 Å². The molecule has 6 nitrogen and oxygen atoms in total. The molecule has 24 heavy (non-hydrogen) atoms. The van der Waals surface area contributed by atoms with E-state index < -0.39 is 26.6 Å². The molecule has 1 amide bonds. The molecule has 1 aliphatic heterocycles. The molecule has 0 bridgehead atoms. The normalized spacial score (nSPS) is 14.0. The largest absolute Gasteiger partial charge is 0.352 e. The second kappa shape index (κ2) is 6.10. The van der Waals surface area contributed by atoms with E-state index >= 15 is 0 Å². The highest BCUT2D eigenvalue weighted by atomic mass is 79.9. The molecule has 1 aromatic heterocycles. The highest BCUT2D eigenvalue weighted by Gasteiger charge is 2.25. The minimum atomic E-state index is -4.35. The number of nitrogens with zero attached hydrogens (tertiary/aromatic N) is 1. The summed E-state index contributed by atoms with van der Waals surface area (Å²) in [5, 5.41) is 2.62. The van der Waals surface area contributed by atoms with Crippen LogP contribution >= 0.6 is 15.9 Å². The number of anilines is 1. The maximum absolute atomic E-state index is 13.9. The van der Waals surface area contributed by atoms with Crippen LogP contribution in [0.25, 0.3) is 0 Å². The van der Waals surface area contributed by atoms with Crippen molar-refractivity contribution in [3.05, 3.63) is 51.8 Å². The lowest BCUT2D eigenvalue weighted by molar-refractivity contribution is 0.0945. The molecule has 1 aliphatic rings. The molecule has 0 atom stereocenters. The lowest BCUT2D eigenvalue weighted by atomic mass is 10.1. The molecule has 2 aromatic rings. The Hall–Kier alpha value is -2.07. The van der Waals surface area contributed by atoms with Crippen LogP contribution in [-0.4, -0.2) is 25.9 Å². The van der Waals surface area contributed by atoms with Gasteiger partial charge in [0.05, 0.1) is 23.1 Å². The number of aromatic nitrogens is 1. The van der Waals surface area contributed by atoms with E-state index in [9.17, 15) is 22.0 Å². The van der Waals surface area contributed by atoms with Crippen molar-refractivity contribution < 1.29 is 22.0 Å². The predicted molar refractivity (Wildman–Crippen MR) is 85.1 cm³/mol. The van der Waals surface area contributed by atoms with E-state index in [1.807, 2.05) is 0 Å². The Morgan fingerprint density at radius 1 is 1.25 bits per heavy atom. The number of halogens is 3. The summed E-state index contributed by atoms with van der Waals surface area (Å²) in [6.07, 6.45) is 1.77. The molecule has 0 saturated heterocycles. The lowest BCUT2D eigenvalue weighted by Gasteiger charge is -2.17. The van der Waals surface area contributed by atoms with E-state index in [0.29, 0.717) is 24.7 Å². The fourth-order valence-electron chi connectivity index (χ4n) is 2.33. The monoisotopic (exact) mass is 417 g/mol. The van der Waals surface area contributed by atoms with Crippen molar-refractivity contribution in [2.45, 2.75) is 11.3 Å². The highest BCUT2D eigenvalue weighted by molar-refractivity contribution is 9.10. The van der Waals surface area contributed by atoms with E-state index in [-0.39, 0.29) is 21.6 Å². The van der Waals surface area contributed by atoms with E-state index in [4.69, 9.17) is 0 Å². The van der Waals surface area contributed by atoms with Gasteiger partial charge in [0.2, 0.25) is 0 Å². The van der Waals surface area contributed by atoms with Gasteiger partial charge in [-0.05, 0) is 28.1 Å². The van der Waals surface area contributed by atoms with Crippen molar-refractivity contribution >= 4 is 37.5 Å². The molecular formula is C14H10BrF2N3O3S. The van der Waals surface area contributed by atoms with Gasteiger partial charge in [-0.25, -0.2) is 17.2 Å². The molecule has 0 aliphatic carbocycles. The molecule has 3 rings (SSSR count). The van der Waals surface area contributed by atoms with Gasteiger partial charge in [0.15, 0.2) is 0 Å². The van der Waals surface area contributed by atoms with Gasteiger partial charge >= 0.3 is 0 Å². The molecule has 0 unspecified atom stereocenters. The average molecular weight is 418 g/mol. The van der Waals surface area contributed by atoms with Gasteiger partial charge in [-0.15, -0.1) is 0 Å². The molecule has 2 heterocycles. The Balaban J connectivity index is 1.99. The highest BCUT2D eigenvalue weighted by Crippen LogP contribution is 2.28. The fourth-order valence-corrected chi connectivity index (χ4v) is 4.53. The van der Waals surface area contributed by atoms with Gasteiger partial charge in [0.1, 0.15) is 16.5 Å². The minimum Gasteiger partial charge on any atom is -0.352 e. The number of amides is 1. The zero-order chi connectivity index (χ0) is 17.5. The van der Waals surface area contributed by atoms with E-state index in [2.05, 4.69) is 31.0 Å². The summed E-state index contributed by atoms with van der Waals surface area (Å²) in [7, 11) is -4.35. The first-order chi connectivity index (χ1) is 11.3. The van der Waals surface area contributed by atoms with E-state index in [0.717, 1.165) is 6.07 Å². The first-order valence-electron chi connectivity index (χ1n) is 6.72. The Morgan fingerprint density at radius 2 is 2.00 bits per heavy atom. The molecule has 1 aromatic carbocycles. The maximum atomic E-state index is 13.9. The van der Waals surface area contributed by atoms with E-state index in [1.165, 1.54) is 12.3 Å². The van der Waals surface area contributed by atoms with Crippen molar-refractivity contribution in [3.63, 3.8) is 0 Å². The summed E-state index contributed by atoms with van der Waals surface area (Å²) in [4.78, 5) is 15.1. The van der Waals surface area contributed by atoms with Crippen LogP contribution in [0.3, 0.4) is 0 Å². The van der Waals surface area contributed by atoms with Crippen molar-refractivity contribution in [2.75, 3.05) is 11.3 Å². The smallest absolute Gasteiger partial charge is 0.266 e. The van der Waals surface area contributed by atoms with Crippen molar-refractivity contribution in [1.29, 1.82) is 0 Å². The van der Waals surface area contributed by atoms with Crippen LogP contribution in [0, 0.1) is 11.6 Å². The summed E-state index contributed by atoms with van der Waals surface area (Å²) in [6.45, 7) is 0.456. The molecule has 2 N–H and O–H groups in total. The number of benzene rings is 1. The standard InChI is InChI=1S/C14H10BrF2N3O3S/c15-10-3-7(16)4-11(17)13(10)24(22,23)20-8-5-9-12(19-6-8)1-2-18-14(9)21/h3-6,20H,1-2H2,(H,18,21). The quantitative estimate of drug-likeness (QED) is 0.800. The summed E-state index contributed by atoms with van der Waals surface area (Å²) >= 11 is 2.84. The van der Waals surface area contributed by atoms with Gasteiger partial charge < -0.3 is 5.32 Å². The Labute approximate surface area is 144 Å². The summed E-state index contributed by atoms with van der Waals surface area (Å²) in [6, 6.07) is 2.64. The van der Waals surface area contributed by atoms with E-state index in [1.54, 1.807) is 0 Å². The zero-order valence-electron chi connectivity index (χ0n) is 11.9. The Morgan fingerprint density at radius 3 is 2.71 bits per heavy atom. The van der Waals surface area contributed by atoms with Gasteiger partial charge in [0.25, 0.3) is 15.9 Å². The zero-order valence-corrected chi connectivity index (χ0v) is 14.3. The van der Waals surface area contributed by atoms with Gasteiger partial charge in [-0.2, -0.15) is 0 Å². The van der Waals surface area contributed by atoms with Crippen molar-refractivity contribution in [3.8, 4) is 0 Å². The number of nitrogens with one attached hydrogen (secondary N) is 2. The Bertz CT molecular complexity index is 927. The summed E-state index contributed by atoms with van der Waals surface area (Å²) in [5.74, 6) is -2.51. The number of pyridine rings is 1. The van der Waals surface area contributed by atoms with Crippen LogP contribution in [0.4, 0.5) is 14.5 Å². The molecule has 10 heteroatoms. The predicted octanol–water partition coefficient (Wildman–Crippen LogP) is 2.21. The van der Waals surface area contributed by atoms with Crippen molar-refractivity contribution in [2.24, 2.45) is 0 Å². The number of sulfonamides is 1. The second-order valence-corrected chi connectivity index (χ2v) is 7.50. The van der Waals surface area contributed by atoms with Gasteiger partial charge in [-0.3, -0.25) is 14.5 Å². The second-order valence-electron chi connectivity index (χ2n) is 5.03. The van der Waals surface area contributed by atoms with Crippen molar-refractivity contribution in [1.82, 2.24) is 10.3 Å². The SMILES string of the molecule is O=C1NCCc2ncc(NS(=O)(=O)c3c(F)cc(F)cc3Br)cc21. The molecule has 0 radical (unpaired) electrons. The third kappa shape index (κ3) is 3.11.